The van der Waals surface area contributed by atoms with Crippen molar-refractivity contribution in [2.45, 2.75) is 50.3 Å². The molecule has 1 amide bonds. The molecule has 0 saturated carbocycles. The number of hydrogen-bond acceptors (Lipinski definition) is 9. The smallest absolute Gasteiger partial charge is 0.222 e. The van der Waals surface area contributed by atoms with Crippen LogP contribution in [0.25, 0.3) is 11.2 Å². The second kappa shape index (κ2) is 7.59. The number of aliphatic hydroxyl groups excluding tert-OH is 2. The number of carbonyl (C=O) groups excluding carboxylic acids is 1. The van der Waals surface area contributed by atoms with E-state index < -0.39 is 24.5 Å². The molecule has 11 heteroatoms. The van der Waals surface area contributed by atoms with Gasteiger partial charge in [0.05, 0.1) is 12.9 Å². The Labute approximate surface area is 161 Å². The molecular weight excluding hydrogens is 368 g/mol. The number of amides is 1. The third-order valence-electron chi connectivity index (χ3n) is 5.06. The van der Waals surface area contributed by atoms with Crippen molar-refractivity contribution in [3.05, 3.63) is 12.2 Å². The lowest BCUT2D eigenvalue weighted by Gasteiger charge is -2.23. The van der Waals surface area contributed by atoms with Gasteiger partial charge in [0, 0.05) is 26.1 Å². The van der Waals surface area contributed by atoms with E-state index in [9.17, 15) is 15.0 Å². The normalized spacial score (nSPS) is 30.6. The molecular formula is C17H24N6O5. The molecule has 28 heavy (non-hydrogen) atoms. The average Bonchev–Trinajstić information content (AvgIpc) is 3.18. The summed E-state index contributed by atoms with van der Waals surface area (Å²) in [5.74, 6) is 1.04. The Hall–Kier alpha value is -2.34. The Morgan fingerprint density at radius 1 is 1.39 bits per heavy atom. The molecule has 0 radical (unpaired) electrons. The monoisotopic (exact) mass is 392 g/mol. The summed E-state index contributed by atoms with van der Waals surface area (Å²) in [5, 5.41) is 26.7. The SMILES string of the molecule is COC[C@H]1O[C@@H](n2cnc3c(NC4CCNC(=O)C4)nc(C)nc32)[C@H](O)[C@@H]1O. The van der Waals surface area contributed by atoms with Crippen LogP contribution in [0.15, 0.2) is 6.33 Å². The number of nitrogens with one attached hydrogen (secondary N) is 2. The van der Waals surface area contributed by atoms with E-state index in [1.54, 1.807) is 11.5 Å². The number of fused-ring (bicyclic) bond motifs is 1. The highest BCUT2D eigenvalue weighted by Crippen LogP contribution is 2.32. The van der Waals surface area contributed by atoms with Crippen molar-refractivity contribution in [2.75, 3.05) is 25.6 Å². The number of imidazole rings is 1. The highest BCUT2D eigenvalue weighted by molar-refractivity contribution is 5.84. The van der Waals surface area contributed by atoms with Gasteiger partial charge in [0.15, 0.2) is 23.2 Å². The number of nitrogens with zero attached hydrogens (tertiary/aromatic N) is 4. The molecule has 2 saturated heterocycles. The number of carbonyl (C=O) groups is 1. The predicted molar refractivity (Wildman–Crippen MR) is 97.5 cm³/mol. The molecule has 11 nitrogen and oxygen atoms in total. The summed E-state index contributed by atoms with van der Waals surface area (Å²) in [5.41, 5.74) is 0.988. The lowest BCUT2D eigenvalue weighted by atomic mass is 10.1. The molecule has 0 spiro atoms. The largest absolute Gasteiger partial charge is 0.387 e. The first-order chi connectivity index (χ1) is 13.5. The van der Waals surface area contributed by atoms with E-state index >= 15 is 0 Å². The van der Waals surface area contributed by atoms with Gasteiger partial charge in [-0.2, -0.15) is 0 Å². The number of piperidine rings is 1. The van der Waals surface area contributed by atoms with Crippen LogP contribution < -0.4 is 10.6 Å². The summed E-state index contributed by atoms with van der Waals surface area (Å²) >= 11 is 0. The molecule has 0 bridgehead atoms. The van der Waals surface area contributed by atoms with Gasteiger partial charge in [0.2, 0.25) is 5.91 Å². The van der Waals surface area contributed by atoms with Gasteiger partial charge in [-0.15, -0.1) is 0 Å². The fraction of sp³-hybridized carbons (Fsp3) is 0.647. The zero-order chi connectivity index (χ0) is 19.8. The molecule has 2 aromatic rings. The Morgan fingerprint density at radius 2 is 2.21 bits per heavy atom. The summed E-state index contributed by atoms with van der Waals surface area (Å²) < 4.78 is 12.4. The summed E-state index contributed by atoms with van der Waals surface area (Å²) in [6, 6.07) is -0.0439. The van der Waals surface area contributed by atoms with Gasteiger partial charge in [-0.25, -0.2) is 15.0 Å². The number of anilines is 1. The summed E-state index contributed by atoms with van der Waals surface area (Å²) in [7, 11) is 1.50. The average molecular weight is 392 g/mol. The van der Waals surface area contributed by atoms with Crippen LogP contribution in [-0.4, -0.2) is 80.3 Å². The fourth-order valence-electron chi connectivity index (χ4n) is 3.67. The summed E-state index contributed by atoms with van der Waals surface area (Å²) in [6.07, 6.45) is -1.07. The van der Waals surface area contributed by atoms with Crippen LogP contribution in [0.1, 0.15) is 24.9 Å². The second-order valence-electron chi connectivity index (χ2n) is 7.13. The molecule has 4 rings (SSSR count). The number of aryl methyl sites for hydroxylation is 1. The molecule has 0 aliphatic carbocycles. The Bertz CT molecular complexity index is 873. The summed E-state index contributed by atoms with van der Waals surface area (Å²) in [4.78, 5) is 24.9. The number of methoxy groups -OCH3 is 1. The second-order valence-corrected chi connectivity index (χ2v) is 7.13. The van der Waals surface area contributed by atoms with Crippen molar-refractivity contribution < 1.29 is 24.5 Å². The minimum absolute atomic E-state index is 0.00282. The topological polar surface area (TPSA) is 144 Å². The van der Waals surface area contributed by atoms with Crippen LogP contribution in [0.4, 0.5) is 5.82 Å². The van der Waals surface area contributed by atoms with Crippen LogP contribution in [0.2, 0.25) is 0 Å². The number of aromatic nitrogens is 4. The van der Waals surface area contributed by atoms with Crippen molar-refractivity contribution in [1.82, 2.24) is 24.8 Å². The van der Waals surface area contributed by atoms with Crippen LogP contribution >= 0.6 is 0 Å². The van der Waals surface area contributed by atoms with Crippen molar-refractivity contribution in [2.24, 2.45) is 0 Å². The molecule has 152 valence electrons. The van der Waals surface area contributed by atoms with Crippen LogP contribution in [0.5, 0.6) is 0 Å². The molecule has 2 aromatic heterocycles. The maximum absolute atomic E-state index is 11.6. The van der Waals surface area contributed by atoms with Gasteiger partial charge in [-0.05, 0) is 13.3 Å². The van der Waals surface area contributed by atoms with Gasteiger partial charge in [0.1, 0.15) is 24.1 Å². The fourth-order valence-corrected chi connectivity index (χ4v) is 3.67. The molecule has 5 atom stereocenters. The number of ether oxygens (including phenoxy) is 2. The first kappa shape index (κ1) is 19.0. The van der Waals surface area contributed by atoms with Crippen LogP contribution in [0.3, 0.4) is 0 Å². The maximum atomic E-state index is 11.6. The maximum Gasteiger partial charge on any atom is 0.222 e. The quantitative estimate of drug-likeness (QED) is 0.508. The number of rotatable bonds is 5. The lowest BCUT2D eigenvalue weighted by Crippen LogP contribution is -2.39. The zero-order valence-corrected chi connectivity index (χ0v) is 15.7. The standard InChI is InChI=1S/C17H24N6O5/c1-8-20-15(22-9-3-4-18-11(24)5-9)12-16(21-8)23(7-19-12)17-14(26)13(25)10(28-17)6-27-2/h7,9-10,13-14,17,25-26H,3-6H2,1-2H3,(H,18,24)(H,20,21,22)/t9?,10-,13-,14-,17-/m1/s1. The van der Waals surface area contributed by atoms with Crippen molar-refractivity contribution >= 4 is 22.9 Å². The first-order valence-corrected chi connectivity index (χ1v) is 9.23. The van der Waals surface area contributed by atoms with Crippen LogP contribution in [0, 0.1) is 6.92 Å². The molecule has 0 aromatic carbocycles. The minimum Gasteiger partial charge on any atom is -0.387 e. The Kier molecular flexibility index (Phi) is 5.15. The predicted octanol–water partition coefficient (Wildman–Crippen LogP) is -0.909. The highest BCUT2D eigenvalue weighted by atomic mass is 16.6. The van der Waals surface area contributed by atoms with Gasteiger partial charge in [-0.3, -0.25) is 9.36 Å². The van der Waals surface area contributed by atoms with E-state index in [1.807, 2.05) is 0 Å². The van der Waals surface area contributed by atoms with E-state index in [-0.39, 0.29) is 18.6 Å². The van der Waals surface area contributed by atoms with Gasteiger partial charge < -0.3 is 30.3 Å². The molecule has 2 aliphatic heterocycles. The zero-order valence-electron chi connectivity index (χ0n) is 15.7. The van der Waals surface area contributed by atoms with E-state index in [4.69, 9.17) is 9.47 Å². The minimum atomic E-state index is -1.15. The van der Waals surface area contributed by atoms with E-state index in [2.05, 4.69) is 25.6 Å². The van der Waals surface area contributed by atoms with Gasteiger partial charge in [0.25, 0.3) is 0 Å². The molecule has 1 unspecified atom stereocenters. The van der Waals surface area contributed by atoms with Crippen LogP contribution in [-0.2, 0) is 14.3 Å². The lowest BCUT2D eigenvalue weighted by molar-refractivity contribution is -0.122. The third kappa shape index (κ3) is 3.41. The Balaban J connectivity index is 1.65. The van der Waals surface area contributed by atoms with Crippen molar-refractivity contribution in [3.63, 3.8) is 0 Å². The van der Waals surface area contributed by atoms with Crippen molar-refractivity contribution in [3.8, 4) is 0 Å². The van der Waals surface area contributed by atoms with Gasteiger partial charge >= 0.3 is 0 Å². The molecule has 2 fully saturated rings. The number of hydrogen-bond donors (Lipinski definition) is 4. The summed E-state index contributed by atoms with van der Waals surface area (Å²) in [6.45, 7) is 2.52. The van der Waals surface area contributed by atoms with Crippen molar-refractivity contribution in [1.29, 1.82) is 0 Å². The molecule has 4 heterocycles. The first-order valence-electron chi connectivity index (χ1n) is 9.23. The highest BCUT2D eigenvalue weighted by Gasteiger charge is 2.44. The molecule has 2 aliphatic rings. The van der Waals surface area contributed by atoms with Gasteiger partial charge in [-0.1, -0.05) is 0 Å². The molecule has 4 N–H and O–H groups in total. The number of aliphatic hydroxyl groups is 2. The van der Waals surface area contributed by atoms with E-state index in [1.165, 1.54) is 13.4 Å². The Morgan fingerprint density at radius 3 is 2.96 bits per heavy atom. The van der Waals surface area contributed by atoms with E-state index in [0.717, 1.165) is 6.42 Å². The van der Waals surface area contributed by atoms with E-state index in [0.29, 0.717) is 35.8 Å². The third-order valence-corrected chi connectivity index (χ3v) is 5.06.